The first-order valence-electron chi connectivity index (χ1n) is 6.82. The van der Waals surface area contributed by atoms with Crippen molar-refractivity contribution in [2.45, 2.75) is 19.6 Å². The van der Waals surface area contributed by atoms with E-state index in [0.717, 1.165) is 17.6 Å². The van der Waals surface area contributed by atoms with Gasteiger partial charge in [-0.15, -0.1) is 0 Å². The minimum absolute atomic E-state index is 0.181. The summed E-state index contributed by atoms with van der Waals surface area (Å²) in [5.74, 6) is 0.486. The highest BCUT2D eigenvalue weighted by Gasteiger charge is 2.20. The molecule has 0 unspecified atom stereocenters. The topological polar surface area (TPSA) is 92.3 Å². The van der Waals surface area contributed by atoms with Crippen LogP contribution in [0.4, 0.5) is 5.95 Å². The highest BCUT2D eigenvalue weighted by atomic mass is 79.9. The molecule has 1 aliphatic heterocycles. The van der Waals surface area contributed by atoms with Crippen molar-refractivity contribution in [3.05, 3.63) is 55.9 Å². The number of halogens is 1. The summed E-state index contributed by atoms with van der Waals surface area (Å²) in [5.41, 5.74) is 8.67. The number of nitrogens with zero attached hydrogens (tertiary/aromatic N) is 4. The molecule has 1 aromatic carbocycles. The number of nitrogens with two attached hydrogens (primary N) is 1. The van der Waals surface area contributed by atoms with Crippen LogP contribution >= 0.6 is 15.9 Å². The molecule has 0 amide bonds. The highest BCUT2D eigenvalue weighted by Crippen LogP contribution is 2.26. The van der Waals surface area contributed by atoms with Crippen LogP contribution in [0.15, 0.2) is 33.5 Å². The van der Waals surface area contributed by atoms with Crippen LogP contribution in [0.2, 0.25) is 0 Å². The fourth-order valence-corrected chi connectivity index (χ4v) is 3.21. The number of aromatic nitrogens is 4. The molecule has 7 nitrogen and oxygen atoms in total. The zero-order valence-corrected chi connectivity index (χ0v) is 13.2. The van der Waals surface area contributed by atoms with Gasteiger partial charge in [-0.2, -0.15) is 9.50 Å². The molecule has 3 heterocycles. The second-order valence-electron chi connectivity index (χ2n) is 5.39. The molecule has 0 spiro atoms. The van der Waals surface area contributed by atoms with Gasteiger partial charge in [0.25, 0.3) is 11.3 Å². The molecule has 112 valence electrons. The lowest BCUT2D eigenvalue weighted by Crippen LogP contribution is -2.21. The van der Waals surface area contributed by atoms with Crippen LogP contribution in [0.1, 0.15) is 16.8 Å². The average Bonchev–Trinajstić information content (AvgIpc) is 3.00. The van der Waals surface area contributed by atoms with Gasteiger partial charge in [0.15, 0.2) is 0 Å². The monoisotopic (exact) mass is 360 g/mol. The molecule has 22 heavy (non-hydrogen) atoms. The van der Waals surface area contributed by atoms with Gasteiger partial charge in [0.1, 0.15) is 0 Å². The van der Waals surface area contributed by atoms with E-state index in [-0.39, 0.29) is 11.5 Å². The molecule has 3 aromatic rings. The zero-order valence-electron chi connectivity index (χ0n) is 11.6. The number of hydrogen-bond donors (Lipinski definition) is 2. The van der Waals surface area contributed by atoms with Crippen molar-refractivity contribution >= 4 is 27.7 Å². The molecule has 0 fully saturated rings. The molecule has 4 rings (SSSR count). The second-order valence-corrected chi connectivity index (χ2v) is 6.30. The number of fused-ring (bicyclic) bond motifs is 2. The summed E-state index contributed by atoms with van der Waals surface area (Å²) in [6, 6.07) is 7.82. The molecule has 0 saturated carbocycles. The largest absolute Gasteiger partial charge is 0.368 e. The van der Waals surface area contributed by atoms with Crippen molar-refractivity contribution in [3.63, 3.8) is 0 Å². The van der Waals surface area contributed by atoms with E-state index in [2.05, 4.69) is 48.0 Å². The van der Waals surface area contributed by atoms with E-state index in [1.807, 2.05) is 6.07 Å². The predicted octanol–water partition coefficient (Wildman–Crippen LogP) is 1.28. The minimum atomic E-state index is -0.205. The lowest BCUT2D eigenvalue weighted by atomic mass is 10.1. The SMILES string of the molecule is Nc1nc2nc(CN3Cc4ccc(Br)cc4C3)cc(=O)n2[nH]1. The van der Waals surface area contributed by atoms with Crippen LogP contribution in [0.3, 0.4) is 0 Å². The first-order valence-corrected chi connectivity index (χ1v) is 7.61. The van der Waals surface area contributed by atoms with Gasteiger partial charge in [-0.05, 0) is 23.3 Å². The van der Waals surface area contributed by atoms with Crippen molar-refractivity contribution in [2.24, 2.45) is 0 Å². The summed E-state index contributed by atoms with van der Waals surface area (Å²) < 4.78 is 2.33. The number of nitrogens with one attached hydrogen (secondary N) is 1. The molecule has 0 radical (unpaired) electrons. The highest BCUT2D eigenvalue weighted by molar-refractivity contribution is 9.10. The Morgan fingerprint density at radius 1 is 1.23 bits per heavy atom. The van der Waals surface area contributed by atoms with Gasteiger partial charge >= 0.3 is 0 Å². The summed E-state index contributed by atoms with van der Waals surface area (Å²) >= 11 is 3.49. The van der Waals surface area contributed by atoms with Gasteiger partial charge in [0, 0.05) is 30.2 Å². The fourth-order valence-electron chi connectivity index (χ4n) is 2.80. The molecule has 1 aliphatic rings. The van der Waals surface area contributed by atoms with Crippen molar-refractivity contribution in [2.75, 3.05) is 5.73 Å². The van der Waals surface area contributed by atoms with Crippen molar-refractivity contribution in [1.82, 2.24) is 24.5 Å². The maximum Gasteiger partial charge on any atom is 0.274 e. The maximum atomic E-state index is 12.0. The van der Waals surface area contributed by atoms with E-state index >= 15 is 0 Å². The van der Waals surface area contributed by atoms with Crippen molar-refractivity contribution < 1.29 is 0 Å². The van der Waals surface area contributed by atoms with Crippen molar-refractivity contribution in [3.8, 4) is 0 Å². The summed E-state index contributed by atoms with van der Waals surface area (Å²) in [6.07, 6.45) is 0. The number of aromatic amines is 1. The summed E-state index contributed by atoms with van der Waals surface area (Å²) in [6.45, 7) is 2.30. The average molecular weight is 361 g/mol. The Labute approximate surface area is 133 Å². The van der Waals surface area contributed by atoms with Gasteiger partial charge in [0.05, 0.1) is 5.69 Å². The van der Waals surface area contributed by atoms with E-state index < -0.39 is 0 Å². The van der Waals surface area contributed by atoms with Gasteiger partial charge in [-0.3, -0.25) is 14.8 Å². The van der Waals surface area contributed by atoms with Crippen LogP contribution in [-0.4, -0.2) is 24.5 Å². The second kappa shape index (κ2) is 4.92. The number of rotatable bonds is 2. The molecule has 2 aromatic heterocycles. The summed E-state index contributed by atoms with van der Waals surface area (Å²) in [4.78, 5) is 22.7. The van der Waals surface area contributed by atoms with E-state index in [0.29, 0.717) is 18.0 Å². The Morgan fingerprint density at radius 2 is 2.05 bits per heavy atom. The number of nitrogen functional groups attached to an aromatic ring is 1. The Hall–Kier alpha value is -2.19. The number of anilines is 1. The van der Waals surface area contributed by atoms with E-state index in [1.165, 1.54) is 21.7 Å². The van der Waals surface area contributed by atoms with Crippen LogP contribution in [0.25, 0.3) is 5.78 Å². The van der Waals surface area contributed by atoms with Gasteiger partial charge < -0.3 is 5.73 Å². The molecular weight excluding hydrogens is 348 g/mol. The summed E-state index contributed by atoms with van der Waals surface area (Å²) in [7, 11) is 0. The smallest absolute Gasteiger partial charge is 0.274 e. The number of hydrogen-bond acceptors (Lipinski definition) is 5. The Balaban J connectivity index is 1.61. The predicted molar refractivity (Wildman–Crippen MR) is 85.1 cm³/mol. The van der Waals surface area contributed by atoms with Gasteiger partial charge in [0.2, 0.25) is 5.95 Å². The molecule has 0 saturated heterocycles. The third kappa shape index (κ3) is 2.30. The third-order valence-electron chi connectivity index (χ3n) is 3.74. The standard InChI is InChI=1S/C14H13BrN6O/c15-10-2-1-8-5-20(6-9(8)3-10)7-11-4-12(22)21-14(17-11)18-13(16)19-21/h1-4H,5-7H2,(H3,16,17,18,19). The maximum absolute atomic E-state index is 12.0. The molecule has 0 atom stereocenters. The molecule has 3 N–H and O–H groups in total. The van der Waals surface area contributed by atoms with Crippen LogP contribution in [0.5, 0.6) is 0 Å². The van der Waals surface area contributed by atoms with Gasteiger partial charge in [-0.25, -0.2) is 4.98 Å². The molecular formula is C14H13BrN6O. The molecule has 0 bridgehead atoms. The first-order chi connectivity index (χ1) is 10.6. The zero-order chi connectivity index (χ0) is 15.3. The quantitative estimate of drug-likeness (QED) is 0.717. The number of H-pyrrole nitrogens is 1. The van der Waals surface area contributed by atoms with Crippen molar-refractivity contribution in [1.29, 1.82) is 0 Å². The summed E-state index contributed by atoms with van der Waals surface area (Å²) in [5, 5.41) is 2.66. The lowest BCUT2D eigenvalue weighted by molar-refractivity contribution is 0.272. The first kappa shape index (κ1) is 13.5. The molecule has 8 heteroatoms. The van der Waals surface area contributed by atoms with E-state index in [4.69, 9.17) is 5.73 Å². The van der Waals surface area contributed by atoms with E-state index in [9.17, 15) is 4.79 Å². The van der Waals surface area contributed by atoms with E-state index in [1.54, 1.807) is 0 Å². The third-order valence-corrected chi connectivity index (χ3v) is 4.24. The minimum Gasteiger partial charge on any atom is -0.368 e. The Morgan fingerprint density at radius 3 is 2.91 bits per heavy atom. The van der Waals surface area contributed by atoms with Crippen LogP contribution in [-0.2, 0) is 19.6 Å². The van der Waals surface area contributed by atoms with Crippen LogP contribution < -0.4 is 11.3 Å². The lowest BCUT2D eigenvalue weighted by Gasteiger charge is -2.13. The Bertz CT molecular complexity index is 931. The van der Waals surface area contributed by atoms with Gasteiger partial charge in [-0.1, -0.05) is 22.0 Å². The van der Waals surface area contributed by atoms with Crippen LogP contribution in [0, 0.1) is 0 Å². The molecule has 0 aliphatic carbocycles. The number of benzene rings is 1. The normalized spacial score (nSPS) is 14.6. The fraction of sp³-hybridized carbons (Fsp3) is 0.214. The Kier molecular flexibility index (Phi) is 3.02.